The molecule has 32 heavy (non-hydrogen) atoms. The summed E-state index contributed by atoms with van der Waals surface area (Å²) in [6.45, 7) is 10.4. The molecule has 1 aliphatic carbocycles. The molecule has 0 atom stereocenters. The standard InChI is InChI=1S/C25H28N6S/c1-18(28-25-29-23(17-32-25)20-10-5-3-4-6-11-20)16-26-14-9-15-27-24-22-13-8-7-12-21(22)19(2)30-31-24/h3,5-8,10-13,17,26,30H,1-2,4,9,14-16H2,(H,27,31)(H,28,29). The minimum atomic E-state index is 0.680. The van der Waals surface area contributed by atoms with Crippen LogP contribution in [0.15, 0.2) is 83.9 Å². The Kier molecular flexibility index (Phi) is 7.32. The summed E-state index contributed by atoms with van der Waals surface area (Å²) >= 11 is 1.59. The van der Waals surface area contributed by atoms with Gasteiger partial charge in [-0.2, -0.15) is 0 Å². The van der Waals surface area contributed by atoms with E-state index in [1.54, 1.807) is 11.3 Å². The lowest BCUT2D eigenvalue weighted by Crippen LogP contribution is -2.41. The van der Waals surface area contributed by atoms with Gasteiger partial charge in [0.1, 0.15) is 5.84 Å². The maximum atomic E-state index is 4.70. The van der Waals surface area contributed by atoms with Crippen molar-refractivity contribution in [1.82, 2.24) is 21.2 Å². The average molecular weight is 445 g/mol. The van der Waals surface area contributed by atoms with Crippen molar-refractivity contribution in [3.8, 4) is 0 Å². The molecule has 1 aromatic carbocycles. The molecule has 1 aliphatic heterocycles. The van der Waals surface area contributed by atoms with Gasteiger partial charge in [-0.25, -0.2) is 4.98 Å². The van der Waals surface area contributed by atoms with Crippen molar-refractivity contribution in [2.75, 3.05) is 25.0 Å². The number of nitrogens with one attached hydrogen (secondary N) is 4. The molecule has 0 saturated heterocycles. The van der Waals surface area contributed by atoms with E-state index < -0.39 is 0 Å². The van der Waals surface area contributed by atoms with Crippen LogP contribution in [0, 0.1) is 0 Å². The van der Waals surface area contributed by atoms with Gasteiger partial charge in [0, 0.05) is 40.9 Å². The molecule has 0 fully saturated rings. The maximum absolute atomic E-state index is 4.70. The highest BCUT2D eigenvalue weighted by atomic mass is 32.1. The first-order valence-corrected chi connectivity index (χ1v) is 11.6. The maximum Gasteiger partial charge on any atom is 0.187 e. The summed E-state index contributed by atoms with van der Waals surface area (Å²) in [6, 6.07) is 8.13. The minimum Gasteiger partial charge on any atom is -0.334 e. The van der Waals surface area contributed by atoms with Crippen molar-refractivity contribution < 1.29 is 0 Å². The zero-order chi connectivity index (χ0) is 22.2. The van der Waals surface area contributed by atoms with E-state index in [4.69, 9.17) is 4.99 Å². The summed E-state index contributed by atoms with van der Waals surface area (Å²) in [7, 11) is 0. The van der Waals surface area contributed by atoms with Crippen LogP contribution in [-0.2, 0) is 0 Å². The number of thiazole rings is 1. The zero-order valence-electron chi connectivity index (χ0n) is 18.0. The van der Waals surface area contributed by atoms with Gasteiger partial charge in [-0.15, -0.1) is 11.3 Å². The van der Waals surface area contributed by atoms with E-state index in [9.17, 15) is 0 Å². The van der Waals surface area contributed by atoms with Crippen molar-refractivity contribution in [2.24, 2.45) is 4.99 Å². The van der Waals surface area contributed by atoms with E-state index in [2.05, 4.69) is 81.5 Å². The molecule has 0 radical (unpaired) electrons. The van der Waals surface area contributed by atoms with E-state index in [-0.39, 0.29) is 0 Å². The van der Waals surface area contributed by atoms with Crippen LogP contribution in [0.5, 0.6) is 0 Å². The van der Waals surface area contributed by atoms with Crippen LogP contribution in [-0.4, -0.2) is 30.5 Å². The lowest BCUT2D eigenvalue weighted by Gasteiger charge is -2.23. The number of anilines is 1. The number of fused-ring (bicyclic) bond motifs is 1. The van der Waals surface area contributed by atoms with Crippen molar-refractivity contribution in [1.29, 1.82) is 0 Å². The number of hydrogen-bond donors (Lipinski definition) is 4. The average Bonchev–Trinajstić information content (AvgIpc) is 3.09. The van der Waals surface area contributed by atoms with Gasteiger partial charge in [0.2, 0.25) is 0 Å². The summed E-state index contributed by atoms with van der Waals surface area (Å²) in [6.07, 6.45) is 12.4. The normalized spacial score (nSPS) is 16.1. The molecular formula is C25H28N6S. The van der Waals surface area contributed by atoms with Crippen LogP contribution >= 0.6 is 11.3 Å². The largest absolute Gasteiger partial charge is 0.334 e. The first-order valence-electron chi connectivity index (χ1n) is 10.7. The highest BCUT2D eigenvalue weighted by molar-refractivity contribution is 7.13. The third kappa shape index (κ3) is 5.63. The molecule has 0 saturated carbocycles. The first kappa shape index (κ1) is 21.8. The van der Waals surface area contributed by atoms with E-state index in [1.165, 1.54) is 0 Å². The Morgan fingerprint density at radius 2 is 2.06 bits per heavy atom. The summed E-state index contributed by atoms with van der Waals surface area (Å²) in [5, 5.41) is 9.64. The molecule has 2 aromatic rings. The second-order valence-electron chi connectivity index (χ2n) is 7.49. The molecule has 2 aliphatic rings. The SMILES string of the molecule is C=C(CNCCCN=C1NNC(=C)c2ccccc21)Nc1nc(C2=CC=CCC=C2)cs1. The van der Waals surface area contributed by atoms with Crippen molar-refractivity contribution >= 4 is 33.6 Å². The fourth-order valence-electron chi connectivity index (χ4n) is 3.39. The Morgan fingerprint density at radius 3 is 2.97 bits per heavy atom. The van der Waals surface area contributed by atoms with Gasteiger partial charge < -0.3 is 10.6 Å². The highest BCUT2D eigenvalue weighted by Gasteiger charge is 2.16. The minimum absolute atomic E-state index is 0.680. The molecule has 7 heteroatoms. The van der Waals surface area contributed by atoms with Gasteiger partial charge in [-0.05, 0) is 19.4 Å². The van der Waals surface area contributed by atoms with Crippen LogP contribution < -0.4 is 21.5 Å². The quantitative estimate of drug-likeness (QED) is 0.430. The molecule has 2 heterocycles. The third-order valence-corrected chi connectivity index (χ3v) is 5.78. The number of amidine groups is 1. The first-order chi connectivity index (χ1) is 15.7. The Bertz CT molecular complexity index is 1110. The van der Waals surface area contributed by atoms with Gasteiger partial charge in [0.25, 0.3) is 0 Å². The molecule has 0 spiro atoms. The third-order valence-electron chi connectivity index (χ3n) is 5.02. The van der Waals surface area contributed by atoms with Crippen molar-refractivity contribution in [3.63, 3.8) is 0 Å². The summed E-state index contributed by atoms with van der Waals surface area (Å²) in [5.74, 6) is 0.854. The van der Waals surface area contributed by atoms with E-state index in [0.29, 0.717) is 6.54 Å². The number of hydrazine groups is 1. The second-order valence-corrected chi connectivity index (χ2v) is 8.35. The second kappa shape index (κ2) is 10.7. The molecule has 1 aromatic heterocycles. The summed E-state index contributed by atoms with van der Waals surface area (Å²) in [4.78, 5) is 9.37. The van der Waals surface area contributed by atoms with Crippen LogP contribution in [0.2, 0.25) is 0 Å². The van der Waals surface area contributed by atoms with Crippen molar-refractivity contribution in [2.45, 2.75) is 12.8 Å². The number of aliphatic imine (C=N–C) groups is 1. The predicted molar refractivity (Wildman–Crippen MR) is 136 cm³/mol. The highest BCUT2D eigenvalue weighted by Crippen LogP contribution is 2.24. The number of aromatic nitrogens is 1. The fourth-order valence-corrected chi connectivity index (χ4v) is 4.16. The Balaban J connectivity index is 1.18. The van der Waals surface area contributed by atoms with Gasteiger partial charge in [0.15, 0.2) is 5.13 Å². The van der Waals surface area contributed by atoms with E-state index >= 15 is 0 Å². The summed E-state index contributed by atoms with van der Waals surface area (Å²) in [5.41, 5.74) is 12.2. The molecule has 4 rings (SSSR count). The van der Waals surface area contributed by atoms with Gasteiger partial charge in [-0.1, -0.05) is 67.8 Å². The molecule has 4 N–H and O–H groups in total. The Labute approximate surface area is 193 Å². The monoisotopic (exact) mass is 444 g/mol. The Morgan fingerprint density at radius 1 is 1.19 bits per heavy atom. The van der Waals surface area contributed by atoms with Gasteiger partial charge >= 0.3 is 0 Å². The van der Waals surface area contributed by atoms with E-state index in [0.717, 1.165) is 70.7 Å². The van der Waals surface area contributed by atoms with Crippen LogP contribution in [0.1, 0.15) is 29.7 Å². The van der Waals surface area contributed by atoms with Crippen LogP contribution in [0.4, 0.5) is 5.13 Å². The number of benzene rings is 1. The van der Waals surface area contributed by atoms with Gasteiger partial charge in [0.05, 0.1) is 11.4 Å². The Hall–Kier alpha value is -3.42. The molecule has 6 nitrogen and oxygen atoms in total. The molecule has 0 amide bonds. The fraction of sp³-hybridized carbons (Fsp3) is 0.200. The smallest absolute Gasteiger partial charge is 0.187 e. The topological polar surface area (TPSA) is 73.4 Å². The number of allylic oxidation sites excluding steroid dienone is 6. The molecule has 0 bridgehead atoms. The van der Waals surface area contributed by atoms with Crippen LogP contribution in [0.3, 0.4) is 0 Å². The number of rotatable bonds is 9. The van der Waals surface area contributed by atoms with Crippen LogP contribution in [0.25, 0.3) is 11.3 Å². The summed E-state index contributed by atoms with van der Waals surface area (Å²) < 4.78 is 0. The molecular weight excluding hydrogens is 416 g/mol. The van der Waals surface area contributed by atoms with E-state index in [1.807, 2.05) is 18.2 Å². The zero-order valence-corrected chi connectivity index (χ0v) is 18.8. The molecule has 0 unspecified atom stereocenters. The van der Waals surface area contributed by atoms with Gasteiger partial charge in [-0.3, -0.25) is 15.8 Å². The molecule has 164 valence electrons. The lowest BCUT2D eigenvalue weighted by molar-refractivity contribution is 0.687. The predicted octanol–water partition coefficient (Wildman–Crippen LogP) is 4.47. The number of hydrogen-bond acceptors (Lipinski definition) is 6. The van der Waals surface area contributed by atoms with Crippen molar-refractivity contribution in [3.05, 3.63) is 95.7 Å². The number of nitrogens with zero attached hydrogens (tertiary/aromatic N) is 2. The lowest BCUT2D eigenvalue weighted by atomic mass is 10.0.